The Bertz CT molecular complexity index is 291. The van der Waals surface area contributed by atoms with Gasteiger partial charge in [0.05, 0.1) is 12.6 Å². The van der Waals surface area contributed by atoms with Crippen LogP contribution in [-0.4, -0.2) is 57.6 Å². The van der Waals surface area contributed by atoms with Gasteiger partial charge in [-0.2, -0.15) is 0 Å². The predicted octanol–water partition coefficient (Wildman–Crippen LogP) is -5.87. The number of allylic oxidation sites excluding steroid dienone is 3. The van der Waals surface area contributed by atoms with E-state index in [9.17, 15) is 14.7 Å². The third-order valence-corrected chi connectivity index (χ3v) is 1.61. The third-order valence-electron chi connectivity index (χ3n) is 1.61. The predicted molar refractivity (Wildman–Crippen MR) is 60.1 cm³/mol. The van der Waals surface area contributed by atoms with Crippen molar-refractivity contribution in [2.45, 2.75) is 25.2 Å². The van der Waals surface area contributed by atoms with E-state index in [1.807, 2.05) is 0 Å². The molecule has 19 heavy (non-hydrogen) atoms. The average molecular weight is 300 g/mol. The number of carboxylic acid groups (broad SMARTS) is 1. The molecule has 0 saturated heterocycles. The summed E-state index contributed by atoms with van der Waals surface area (Å²) in [5.41, 5.74) is 0. The summed E-state index contributed by atoms with van der Waals surface area (Å²) in [5, 5.41) is 43.7. The second kappa shape index (κ2) is 16.2. The molecular formula is C11H17KO7. The summed E-state index contributed by atoms with van der Waals surface area (Å²) in [6, 6.07) is 0. The van der Waals surface area contributed by atoms with Crippen LogP contribution in [0.4, 0.5) is 0 Å². The number of aliphatic hydroxyl groups excluding tert-OH is 4. The molecule has 0 bridgehead atoms. The van der Waals surface area contributed by atoms with Crippen LogP contribution < -0.4 is 56.5 Å². The Morgan fingerprint density at radius 1 is 1.26 bits per heavy atom. The summed E-state index contributed by atoms with van der Waals surface area (Å²) < 4.78 is 0. The first-order valence-electron chi connectivity index (χ1n) is 5.01. The topological polar surface area (TPSA) is 138 Å². The minimum atomic E-state index is -1.64. The molecule has 0 fully saturated rings. The van der Waals surface area contributed by atoms with E-state index >= 15 is 0 Å². The van der Waals surface area contributed by atoms with Crippen LogP contribution in [-0.2, 0) is 9.59 Å². The van der Waals surface area contributed by atoms with Crippen LogP contribution in [0.5, 0.6) is 0 Å². The summed E-state index contributed by atoms with van der Waals surface area (Å²) in [6.07, 6.45) is 1.11. The van der Waals surface area contributed by atoms with Crippen molar-refractivity contribution in [2.24, 2.45) is 0 Å². The van der Waals surface area contributed by atoms with Gasteiger partial charge in [0.25, 0.3) is 0 Å². The van der Waals surface area contributed by atoms with Gasteiger partial charge in [0, 0.05) is 0 Å². The summed E-state index contributed by atoms with van der Waals surface area (Å²) in [6.45, 7) is 1.12. The van der Waals surface area contributed by atoms with Crippen molar-refractivity contribution in [3.8, 4) is 0 Å². The van der Waals surface area contributed by atoms with E-state index in [0.717, 1.165) is 6.08 Å². The maximum Gasteiger partial charge on any atom is 1.00 e. The molecule has 0 aliphatic carbocycles. The fourth-order valence-electron chi connectivity index (χ4n) is 0.661. The maximum atomic E-state index is 9.76. The Labute approximate surface area is 153 Å². The van der Waals surface area contributed by atoms with Crippen molar-refractivity contribution in [3.05, 3.63) is 24.3 Å². The van der Waals surface area contributed by atoms with Crippen LogP contribution in [0.1, 0.15) is 6.92 Å². The van der Waals surface area contributed by atoms with Gasteiger partial charge in [0.1, 0.15) is 18.3 Å². The zero-order valence-electron chi connectivity index (χ0n) is 10.8. The zero-order chi connectivity index (χ0) is 14.6. The number of carboxylic acids is 1. The number of rotatable bonds is 6. The zero-order valence-corrected chi connectivity index (χ0v) is 14.0. The summed E-state index contributed by atoms with van der Waals surface area (Å²) >= 11 is 0. The third kappa shape index (κ3) is 16.0. The largest absolute Gasteiger partial charge is 1.00 e. The van der Waals surface area contributed by atoms with Crippen molar-refractivity contribution in [2.75, 3.05) is 6.61 Å². The summed E-state index contributed by atoms with van der Waals surface area (Å²) in [4.78, 5) is 19.4. The molecule has 8 heteroatoms. The van der Waals surface area contributed by atoms with Crippen LogP contribution in [0, 0.1) is 0 Å². The first-order chi connectivity index (χ1) is 8.40. The van der Waals surface area contributed by atoms with Gasteiger partial charge >= 0.3 is 51.4 Å². The van der Waals surface area contributed by atoms with E-state index in [4.69, 9.17) is 20.4 Å². The van der Waals surface area contributed by atoms with Gasteiger partial charge in [-0.1, -0.05) is 18.2 Å². The molecule has 0 aromatic heterocycles. The maximum absolute atomic E-state index is 9.76. The average Bonchev–Trinajstić information content (AvgIpc) is 2.36. The van der Waals surface area contributed by atoms with E-state index in [-0.39, 0.29) is 57.7 Å². The monoisotopic (exact) mass is 300 g/mol. The van der Waals surface area contributed by atoms with E-state index < -0.39 is 30.9 Å². The molecule has 0 spiro atoms. The molecule has 0 heterocycles. The van der Waals surface area contributed by atoms with E-state index in [0.29, 0.717) is 0 Å². The van der Waals surface area contributed by atoms with Crippen LogP contribution >= 0.6 is 0 Å². The van der Waals surface area contributed by atoms with Crippen molar-refractivity contribution < 1.29 is 86.5 Å². The Kier molecular flexibility index (Phi) is 20.5. The molecule has 0 rings (SSSR count). The molecule has 3 unspecified atom stereocenters. The molecule has 4 N–H and O–H groups in total. The van der Waals surface area contributed by atoms with Crippen molar-refractivity contribution in [1.29, 1.82) is 0 Å². The van der Waals surface area contributed by atoms with Crippen molar-refractivity contribution in [1.82, 2.24) is 0 Å². The fourth-order valence-corrected chi connectivity index (χ4v) is 0.661. The Balaban J connectivity index is -0.000000262. The van der Waals surface area contributed by atoms with Gasteiger partial charge in [-0.05, 0) is 13.0 Å². The molecule has 3 atom stereocenters. The molecule has 104 valence electrons. The molecule has 0 amide bonds. The van der Waals surface area contributed by atoms with Gasteiger partial charge in [0.15, 0.2) is 6.29 Å². The van der Waals surface area contributed by atoms with Crippen LogP contribution in [0.2, 0.25) is 0 Å². The minimum absolute atomic E-state index is 0. The van der Waals surface area contributed by atoms with Crippen LogP contribution in [0.25, 0.3) is 0 Å². The van der Waals surface area contributed by atoms with E-state index in [2.05, 4.69) is 0 Å². The quantitative estimate of drug-likeness (QED) is 0.166. The van der Waals surface area contributed by atoms with Crippen molar-refractivity contribution in [3.63, 3.8) is 0 Å². The SMILES string of the molecule is C/C=C/C=C/C(=O)[O-].O=CC(O)C(O)C(O)CO.[K+]. The first-order valence-corrected chi connectivity index (χ1v) is 5.01. The van der Waals surface area contributed by atoms with Crippen LogP contribution in [0.3, 0.4) is 0 Å². The summed E-state index contributed by atoms with van der Waals surface area (Å²) in [5.74, 6) is -1.16. The number of hydrogen-bond acceptors (Lipinski definition) is 7. The molecule has 0 saturated carbocycles. The summed E-state index contributed by atoms with van der Waals surface area (Å²) in [7, 11) is 0. The van der Waals surface area contributed by atoms with E-state index in [1.54, 1.807) is 19.1 Å². The first kappa shape index (κ1) is 24.1. The number of carbonyl (C=O) groups is 2. The molecule has 0 aliphatic rings. The second-order valence-corrected chi connectivity index (χ2v) is 3.07. The number of carbonyl (C=O) groups excluding carboxylic acids is 2. The number of aliphatic carboxylic acids is 1. The second-order valence-electron chi connectivity index (χ2n) is 3.07. The molecule has 0 radical (unpaired) electrons. The standard InChI is InChI=1S/C6H8O2.C5H10O5.K/c1-2-3-4-5-6(7)8;6-1-3(8)5(10)4(9)2-7;/h2-5H,1H3,(H,7,8);1,3-5,7-10H,2H2;/q;;+1/p-1/b3-2+,5-4+;;. The van der Waals surface area contributed by atoms with Gasteiger partial charge in [-0.3, -0.25) is 0 Å². The Hall–Kier alpha value is 0.0964. The van der Waals surface area contributed by atoms with Gasteiger partial charge < -0.3 is 35.1 Å². The number of aliphatic hydroxyl groups is 4. The smallest absolute Gasteiger partial charge is 0.545 e. The molecule has 0 aliphatic heterocycles. The molecular weight excluding hydrogens is 283 g/mol. The number of aldehydes is 1. The van der Waals surface area contributed by atoms with Gasteiger partial charge in [0.2, 0.25) is 0 Å². The Morgan fingerprint density at radius 2 is 1.79 bits per heavy atom. The van der Waals surface area contributed by atoms with Gasteiger partial charge in [-0.25, -0.2) is 0 Å². The molecule has 0 aromatic carbocycles. The molecule has 0 aromatic rings. The van der Waals surface area contributed by atoms with Crippen molar-refractivity contribution >= 4 is 12.3 Å². The van der Waals surface area contributed by atoms with Gasteiger partial charge in [-0.15, -0.1) is 0 Å². The molecule has 7 nitrogen and oxygen atoms in total. The van der Waals surface area contributed by atoms with E-state index in [1.165, 1.54) is 6.08 Å². The fraction of sp³-hybridized carbons (Fsp3) is 0.455. The van der Waals surface area contributed by atoms with Crippen LogP contribution in [0.15, 0.2) is 24.3 Å². The normalized spacial score (nSPS) is 15.0. The number of hydrogen-bond donors (Lipinski definition) is 4. The minimum Gasteiger partial charge on any atom is -0.545 e. The Morgan fingerprint density at radius 3 is 2.11 bits per heavy atom.